The molecule has 1 aliphatic carbocycles. The van der Waals surface area contributed by atoms with Crippen LogP contribution in [0.4, 0.5) is 15.0 Å². The van der Waals surface area contributed by atoms with Crippen molar-refractivity contribution in [1.82, 2.24) is 24.9 Å². The zero-order valence-electron chi connectivity index (χ0n) is 21.3. The van der Waals surface area contributed by atoms with Gasteiger partial charge in [0.25, 0.3) is 0 Å². The normalized spacial score (nSPS) is 21.5. The number of anilines is 1. The third-order valence-corrected chi connectivity index (χ3v) is 6.90. The molecule has 3 unspecified atom stereocenters. The average Bonchev–Trinajstić information content (AvgIpc) is 3.27. The number of nitrogens with one attached hydrogen (secondary N) is 1. The Morgan fingerprint density at radius 1 is 1.32 bits per heavy atom. The van der Waals surface area contributed by atoms with Crippen molar-refractivity contribution in [3.63, 3.8) is 0 Å². The topological polar surface area (TPSA) is 122 Å². The van der Waals surface area contributed by atoms with E-state index in [0.717, 1.165) is 24.2 Å². The molecule has 2 aliphatic rings. The molecule has 1 saturated heterocycles. The number of alkyl carbamates (subject to hydrolysis) is 1. The van der Waals surface area contributed by atoms with Crippen molar-refractivity contribution < 1.29 is 23.8 Å². The molecule has 2 N–H and O–H groups in total. The van der Waals surface area contributed by atoms with Crippen LogP contribution >= 0.6 is 0 Å². The number of nitrogens with zero attached hydrogens (tertiary/aromatic N) is 5. The van der Waals surface area contributed by atoms with E-state index < -0.39 is 23.5 Å². The van der Waals surface area contributed by atoms with Crippen molar-refractivity contribution in [1.29, 1.82) is 0 Å². The fourth-order valence-electron chi connectivity index (χ4n) is 5.15. The number of carboxylic acid groups (broad SMARTS) is 1. The summed E-state index contributed by atoms with van der Waals surface area (Å²) < 4.78 is 21.2. The summed E-state index contributed by atoms with van der Waals surface area (Å²) >= 11 is 0. The van der Waals surface area contributed by atoms with Gasteiger partial charge in [-0.15, -0.1) is 0 Å². The summed E-state index contributed by atoms with van der Waals surface area (Å²) in [5, 5.41) is 16.4. The first kappa shape index (κ1) is 24.9. The van der Waals surface area contributed by atoms with Gasteiger partial charge in [0.1, 0.15) is 22.8 Å². The van der Waals surface area contributed by atoms with Gasteiger partial charge >= 0.3 is 12.1 Å². The molecule has 11 heteroatoms. The highest BCUT2D eigenvalue weighted by Crippen LogP contribution is 2.57. The fourth-order valence-corrected chi connectivity index (χ4v) is 5.15. The minimum Gasteiger partial charge on any atom is -0.477 e. The van der Waals surface area contributed by atoms with Crippen molar-refractivity contribution >= 4 is 23.5 Å². The van der Waals surface area contributed by atoms with E-state index in [1.54, 1.807) is 12.3 Å². The van der Waals surface area contributed by atoms with Crippen LogP contribution in [0.5, 0.6) is 0 Å². The lowest BCUT2D eigenvalue weighted by Crippen LogP contribution is -2.38. The summed E-state index contributed by atoms with van der Waals surface area (Å²) in [6.45, 7) is 8.09. The molecule has 4 heterocycles. The quantitative estimate of drug-likeness (QED) is 0.489. The van der Waals surface area contributed by atoms with Gasteiger partial charge in [0.2, 0.25) is 0 Å². The Morgan fingerprint density at radius 3 is 2.84 bits per heavy atom. The first-order valence-electron chi connectivity index (χ1n) is 12.5. The van der Waals surface area contributed by atoms with E-state index in [2.05, 4.69) is 25.3 Å². The number of amides is 1. The standard InChI is InChI=1S/C26H31FN6O4/c1-14(30-25(36)37-26(2,3)4)5-6-20-18(10-16(27)11-28-20)22-17-9-15(17)13-32(22)21-7-8-33-23(31-21)19(12-29-33)24(34)35/h7-8,10-12,14-15,17,22H,5-6,9,13H2,1-4H3,(H,30,36)(H,34,35)/t14-,15?,17?,22?/m1/s1. The van der Waals surface area contributed by atoms with Crippen LogP contribution in [0.25, 0.3) is 5.65 Å². The van der Waals surface area contributed by atoms with Gasteiger partial charge in [0.05, 0.1) is 18.4 Å². The van der Waals surface area contributed by atoms with Crippen LogP contribution in [-0.4, -0.2) is 54.9 Å². The number of carbonyl (C=O) groups excluding carboxylic acids is 1. The molecular weight excluding hydrogens is 479 g/mol. The van der Waals surface area contributed by atoms with Crippen molar-refractivity contribution in [2.45, 2.75) is 64.6 Å². The molecule has 5 rings (SSSR count). The number of hydrogen-bond donors (Lipinski definition) is 2. The van der Waals surface area contributed by atoms with Gasteiger partial charge in [-0.1, -0.05) is 0 Å². The van der Waals surface area contributed by atoms with Crippen molar-refractivity contribution in [3.8, 4) is 0 Å². The van der Waals surface area contributed by atoms with Gasteiger partial charge in [-0.2, -0.15) is 5.10 Å². The molecule has 37 heavy (non-hydrogen) atoms. The number of aromatic carboxylic acids is 1. The summed E-state index contributed by atoms with van der Waals surface area (Å²) in [6.07, 6.45) is 5.93. The third-order valence-electron chi connectivity index (χ3n) is 6.90. The summed E-state index contributed by atoms with van der Waals surface area (Å²) in [5.41, 5.74) is 1.30. The highest BCUT2D eigenvalue weighted by Gasteiger charge is 2.54. The Bertz CT molecular complexity index is 1350. The van der Waals surface area contributed by atoms with E-state index in [9.17, 15) is 19.1 Å². The van der Waals surface area contributed by atoms with Gasteiger partial charge in [-0.3, -0.25) is 4.98 Å². The molecule has 0 bridgehead atoms. The van der Waals surface area contributed by atoms with Crippen molar-refractivity contribution in [2.75, 3.05) is 11.4 Å². The predicted octanol–water partition coefficient (Wildman–Crippen LogP) is 4.00. The van der Waals surface area contributed by atoms with Gasteiger partial charge in [-0.25, -0.2) is 23.5 Å². The Balaban J connectivity index is 1.38. The number of carboxylic acids is 1. The molecule has 1 aliphatic heterocycles. The molecule has 1 saturated carbocycles. The largest absolute Gasteiger partial charge is 0.477 e. The Morgan fingerprint density at radius 2 is 2.11 bits per heavy atom. The van der Waals surface area contributed by atoms with E-state index in [1.165, 1.54) is 16.9 Å². The van der Waals surface area contributed by atoms with Gasteiger partial charge in [0.15, 0.2) is 5.65 Å². The van der Waals surface area contributed by atoms with Crippen LogP contribution in [0.2, 0.25) is 0 Å². The third kappa shape index (κ3) is 5.21. The van der Waals surface area contributed by atoms with E-state index in [1.807, 2.05) is 33.8 Å². The molecule has 0 aromatic carbocycles. The van der Waals surface area contributed by atoms with Crippen LogP contribution in [0.3, 0.4) is 0 Å². The Hall–Kier alpha value is -3.76. The number of fused-ring (bicyclic) bond motifs is 2. The summed E-state index contributed by atoms with van der Waals surface area (Å²) in [4.78, 5) is 34.9. The average molecular weight is 511 g/mol. The smallest absolute Gasteiger partial charge is 0.407 e. The van der Waals surface area contributed by atoms with E-state index >= 15 is 0 Å². The zero-order chi connectivity index (χ0) is 26.5. The molecule has 10 nitrogen and oxygen atoms in total. The number of aromatic nitrogens is 4. The van der Waals surface area contributed by atoms with Crippen LogP contribution in [-0.2, 0) is 11.2 Å². The highest BCUT2D eigenvalue weighted by atomic mass is 19.1. The number of rotatable bonds is 7. The highest BCUT2D eigenvalue weighted by molar-refractivity contribution is 5.94. The summed E-state index contributed by atoms with van der Waals surface area (Å²) in [7, 11) is 0. The first-order chi connectivity index (χ1) is 17.5. The summed E-state index contributed by atoms with van der Waals surface area (Å²) in [6, 6.07) is 3.07. The first-order valence-corrected chi connectivity index (χ1v) is 12.5. The maximum Gasteiger partial charge on any atom is 0.407 e. The number of pyridine rings is 1. The van der Waals surface area contributed by atoms with Crippen LogP contribution < -0.4 is 10.2 Å². The lowest BCUT2D eigenvalue weighted by Gasteiger charge is -2.30. The van der Waals surface area contributed by atoms with E-state index in [0.29, 0.717) is 30.5 Å². The summed E-state index contributed by atoms with van der Waals surface area (Å²) in [5.74, 6) is -0.0542. The molecule has 2 fully saturated rings. The maximum atomic E-state index is 14.5. The SMILES string of the molecule is C[C@H](CCc1ncc(F)cc1C1C2CC2CN1c1ccn2ncc(C(=O)O)c2n1)NC(=O)OC(C)(C)C. The number of piperidine rings is 1. The lowest BCUT2D eigenvalue weighted by atomic mass is 9.97. The second kappa shape index (κ2) is 9.28. The van der Waals surface area contributed by atoms with Crippen molar-refractivity contribution in [2.24, 2.45) is 11.8 Å². The second-order valence-corrected chi connectivity index (χ2v) is 10.9. The number of ether oxygens (including phenoxy) is 1. The molecule has 3 aromatic rings. The molecule has 1 amide bonds. The number of halogens is 1. The van der Waals surface area contributed by atoms with Gasteiger partial charge in [0, 0.05) is 24.5 Å². The zero-order valence-corrected chi connectivity index (χ0v) is 21.3. The second-order valence-electron chi connectivity index (χ2n) is 10.9. The molecule has 4 atom stereocenters. The predicted molar refractivity (Wildman–Crippen MR) is 133 cm³/mol. The maximum absolute atomic E-state index is 14.5. The van der Waals surface area contributed by atoms with E-state index in [-0.39, 0.29) is 23.3 Å². The molecule has 0 radical (unpaired) electrons. The number of hydrogen-bond acceptors (Lipinski definition) is 7. The molecule has 3 aromatic heterocycles. The fraction of sp³-hybridized carbons (Fsp3) is 0.500. The molecular formula is C26H31FN6O4. The van der Waals surface area contributed by atoms with Crippen molar-refractivity contribution in [3.05, 3.63) is 53.4 Å². The van der Waals surface area contributed by atoms with Gasteiger partial charge in [-0.05, 0) is 76.5 Å². The monoisotopic (exact) mass is 510 g/mol. The Kier molecular flexibility index (Phi) is 6.25. The minimum absolute atomic E-state index is 0.0299. The minimum atomic E-state index is -1.09. The molecule has 0 spiro atoms. The Labute approximate surface area is 213 Å². The van der Waals surface area contributed by atoms with Crippen LogP contribution in [0.1, 0.15) is 68.2 Å². The van der Waals surface area contributed by atoms with Crippen LogP contribution in [0.15, 0.2) is 30.7 Å². The van der Waals surface area contributed by atoms with Crippen LogP contribution in [0, 0.1) is 17.7 Å². The number of aryl methyl sites for hydroxylation is 1. The van der Waals surface area contributed by atoms with E-state index in [4.69, 9.17) is 4.74 Å². The lowest BCUT2D eigenvalue weighted by molar-refractivity contribution is 0.0505. The number of carbonyl (C=O) groups is 2. The molecule has 196 valence electrons. The van der Waals surface area contributed by atoms with Gasteiger partial charge < -0.3 is 20.1 Å².